The minimum absolute atomic E-state index is 0.537. The van der Waals surface area contributed by atoms with Gasteiger partial charge in [-0.25, -0.2) is 0 Å². The smallest absolute Gasteiger partial charge is 0.123 e. The minimum atomic E-state index is 0.537. The van der Waals surface area contributed by atoms with Crippen molar-refractivity contribution < 1.29 is 4.74 Å². The number of benzene rings is 1. The normalized spacial score (nSPS) is 10.2. The van der Waals surface area contributed by atoms with Crippen molar-refractivity contribution >= 4 is 31.9 Å². The molecule has 0 bridgehead atoms. The number of aromatic nitrogens is 1. The maximum absolute atomic E-state index is 5.78. The molecule has 0 aliphatic heterocycles. The largest absolute Gasteiger partial charge is 0.489 e. The highest BCUT2D eigenvalue weighted by atomic mass is 79.9. The molecule has 1 aromatic carbocycles. The Balaban J connectivity index is 2.09. The fraction of sp³-hybridized carbons (Fsp3) is 0.154. The minimum Gasteiger partial charge on any atom is -0.489 e. The van der Waals surface area contributed by atoms with Crippen molar-refractivity contribution in [3.63, 3.8) is 0 Å². The lowest BCUT2D eigenvalue weighted by Crippen LogP contribution is -1.98. The molecule has 0 fully saturated rings. The Morgan fingerprint density at radius 2 is 2.12 bits per heavy atom. The SMILES string of the molecule is BrCc1cc(Br)ccc1OCc1cccnc1. The van der Waals surface area contributed by atoms with E-state index in [1.807, 2.05) is 36.5 Å². The van der Waals surface area contributed by atoms with Crippen LogP contribution in [0.3, 0.4) is 0 Å². The first-order valence-electron chi connectivity index (χ1n) is 5.15. The second-order valence-electron chi connectivity index (χ2n) is 3.54. The standard InChI is InChI=1S/C13H11Br2NO/c14-7-11-6-12(15)3-4-13(11)17-9-10-2-1-5-16-8-10/h1-6,8H,7,9H2. The number of ether oxygens (including phenoxy) is 1. The van der Waals surface area contributed by atoms with Crippen molar-refractivity contribution in [1.29, 1.82) is 0 Å². The van der Waals surface area contributed by atoms with Gasteiger partial charge in [0.1, 0.15) is 12.4 Å². The van der Waals surface area contributed by atoms with Gasteiger partial charge in [-0.05, 0) is 24.3 Å². The highest BCUT2D eigenvalue weighted by molar-refractivity contribution is 9.10. The number of hydrogen-bond donors (Lipinski definition) is 0. The van der Waals surface area contributed by atoms with Crippen LogP contribution in [0.4, 0.5) is 0 Å². The highest BCUT2D eigenvalue weighted by Gasteiger charge is 2.03. The number of rotatable bonds is 4. The first-order valence-corrected chi connectivity index (χ1v) is 7.07. The summed E-state index contributed by atoms with van der Waals surface area (Å²) in [7, 11) is 0. The van der Waals surface area contributed by atoms with Gasteiger partial charge >= 0.3 is 0 Å². The van der Waals surface area contributed by atoms with E-state index < -0.39 is 0 Å². The van der Waals surface area contributed by atoms with Crippen LogP contribution in [0.25, 0.3) is 0 Å². The van der Waals surface area contributed by atoms with Gasteiger partial charge in [-0.15, -0.1) is 0 Å². The summed E-state index contributed by atoms with van der Waals surface area (Å²) in [6, 6.07) is 9.90. The lowest BCUT2D eigenvalue weighted by molar-refractivity contribution is 0.303. The molecule has 2 aromatic rings. The van der Waals surface area contributed by atoms with Gasteiger partial charge in [0.15, 0.2) is 0 Å². The first kappa shape index (κ1) is 12.6. The van der Waals surface area contributed by atoms with Gasteiger partial charge in [0.25, 0.3) is 0 Å². The third-order valence-corrected chi connectivity index (χ3v) is 3.38. The van der Waals surface area contributed by atoms with Crippen molar-refractivity contribution in [2.75, 3.05) is 0 Å². The molecule has 0 saturated carbocycles. The van der Waals surface area contributed by atoms with Gasteiger partial charge in [0.05, 0.1) is 0 Å². The number of halogens is 2. The van der Waals surface area contributed by atoms with Crippen LogP contribution in [-0.2, 0) is 11.9 Å². The predicted molar refractivity (Wildman–Crippen MR) is 75.3 cm³/mol. The molecule has 1 aromatic heterocycles. The third kappa shape index (κ3) is 3.54. The molecular formula is C13H11Br2NO. The molecule has 0 aliphatic rings. The summed E-state index contributed by atoms with van der Waals surface area (Å²) in [5, 5.41) is 0.773. The molecule has 0 radical (unpaired) electrons. The van der Waals surface area contributed by atoms with Crippen LogP contribution < -0.4 is 4.74 Å². The number of pyridine rings is 1. The molecule has 2 nitrogen and oxygen atoms in total. The zero-order valence-corrected chi connectivity index (χ0v) is 12.2. The number of alkyl halides is 1. The zero-order valence-electron chi connectivity index (χ0n) is 9.07. The van der Waals surface area contributed by atoms with Crippen LogP contribution in [-0.4, -0.2) is 4.98 Å². The van der Waals surface area contributed by atoms with Crippen LogP contribution in [0.15, 0.2) is 47.2 Å². The van der Waals surface area contributed by atoms with Crippen LogP contribution in [0.5, 0.6) is 5.75 Å². The molecule has 0 saturated heterocycles. The lowest BCUT2D eigenvalue weighted by atomic mass is 10.2. The summed E-state index contributed by atoms with van der Waals surface area (Å²) >= 11 is 6.90. The Labute approximate surface area is 117 Å². The second kappa shape index (κ2) is 6.17. The first-order chi connectivity index (χ1) is 8.29. The number of nitrogens with zero attached hydrogens (tertiary/aromatic N) is 1. The van der Waals surface area contributed by atoms with E-state index >= 15 is 0 Å². The van der Waals surface area contributed by atoms with Crippen molar-refractivity contribution in [2.24, 2.45) is 0 Å². The van der Waals surface area contributed by atoms with Crippen LogP contribution in [0.2, 0.25) is 0 Å². The van der Waals surface area contributed by atoms with Gasteiger partial charge in [-0.3, -0.25) is 4.98 Å². The van der Waals surface area contributed by atoms with Crippen molar-refractivity contribution in [3.8, 4) is 5.75 Å². The molecule has 17 heavy (non-hydrogen) atoms. The van der Waals surface area contributed by atoms with E-state index in [1.165, 1.54) is 0 Å². The van der Waals surface area contributed by atoms with E-state index in [9.17, 15) is 0 Å². The molecule has 0 amide bonds. The van der Waals surface area contributed by atoms with E-state index in [4.69, 9.17) is 4.74 Å². The molecule has 0 aliphatic carbocycles. The van der Waals surface area contributed by atoms with Crippen molar-refractivity contribution in [3.05, 3.63) is 58.3 Å². The zero-order chi connectivity index (χ0) is 12.1. The molecule has 0 atom stereocenters. The van der Waals surface area contributed by atoms with E-state index in [-0.39, 0.29) is 0 Å². The maximum atomic E-state index is 5.78. The van der Waals surface area contributed by atoms with Crippen molar-refractivity contribution in [1.82, 2.24) is 4.98 Å². The van der Waals surface area contributed by atoms with Gasteiger partial charge in [0, 0.05) is 33.3 Å². The second-order valence-corrected chi connectivity index (χ2v) is 5.01. The Bertz CT molecular complexity index is 488. The maximum Gasteiger partial charge on any atom is 0.123 e. The van der Waals surface area contributed by atoms with Gasteiger partial charge in [-0.2, -0.15) is 0 Å². The summed E-state index contributed by atoms with van der Waals surface area (Å²) in [5.41, 5.74) is 2.19. The highest BCUT2D eigenvalue weighted by Crippen LogP contribution is 2.25. The van der Waals surface area contributed by atoms with Gasteiger partial charge in [-0.1, -0.05) is 37.9 Å². The molecule has 2 rings (SSSR count). The Kier molecular flexibility index (Phi) is 4.57. The summed E-state index contributed by atoms with van der Waals surface area (Å²) < 4.78 is 6.83. The van der Waals surface area contributed by atoms with Crippen molar-refractivity contribution in [2.45, 2.75) is 11.9 Å². The average Bonchev–Trinajstić information content (AvgIpc) is 2.38. The van der Waals surface area contributed by atoms with Crippen LogP contribution in [0.1, 0.15) is 11.1 Å². The molecule has 4 heteroatoms. The van der Waals surface area contributed by atoms with Gasteiger partial charge in [0.2, 0.25) is 0 Å². The number of hydrogen-bond acceptors (Lipinski definition) is 2. The Morgan fingerprint density at radius 1 is 1.24 bits per heavy atom. The summed E-state index contributed by atoms with van der Waals surface area (Å²) in [6.07, 6.45) is 3.57. The summed E-state index contributed by atoms with van der Waals surface area (Å²) in [6.45, 7) is 0.537. The Hall–Kier alpha value is -0.870. The third-order valence-electron chi connectivity index (χ3n) is 2.28. The fourth-order valence-electron chi connectivity index (χ4n) is 1.44. The molecular weight excluding hydrogens is 346 g/mol. The van der Waals surface area contributed by atoms with Crippen LogP contribution in [0, 0.1) is 0 Å². The van der Waals surface area contributed by atoms with E-state index in [0.717, 1.165) is 26.7 Å². The molecule has 0 spiro atoms. The fourth-order valence-corrected chi connectivity index (χ4v) is 2.28. The molecule has 88 valence electrons. The molecule has 0 unspecified atom stereocenters. The lowest BCUT2D eigenvalue weighted by Gasteiger charge is -2.10. The van der Waals surface area contributed by atoms with E-state index in [2.05, 4.69) is 36.8 Å². The quantitative estimate of drug-likeness (QED) is 0.761. The van der Waals surface area contributed by atoms with Crippen LogP contribution >= 0.6 is 31.9 Å². The summed E-state index contributed by atoms with van der Waals surface area (Å²) in [5.74, 6) is 0.897. The summed E-state index contributed by atoms with van der Waals surface area (Å²) in [4.78, 5) is 4.06. The van der Waals surface area contributed by atoms with E-state index in [0.29, 0.717) is 6.61 Å². The molecule has 0 N–H and O–H groups in total. The molecule has 1 heterocycles. The van der Waals surface area contributed by atoms with E-state index in [1.54, 1.807) is 6.20 Å². The monoisotopic (exact) mass is 355 g/mol. The average molecular weight is 357 g/mol. The van der Waals surface area contributed by atoms with Gasteiger partial charge < -0.3 is 4.74 Å². The topological polar surface area (TPSA) is 22.1 Å². The Morgan fingerprint density at radius 3 is 2.82 bits per heavy atom. The predicted octanol–water partition coefficient (Wildman–Crippen LogP) is 4.32.